The van der Waals surface area contributed by atoms with Gasteiger partial charge in [0.2, 0.25) is 0 Å². The number of thiazole rings is 1. The Balaban J connectivity index is 1.27. The molecule has 1 saturated heterocycles. The lowest BCUT2D eigenvalue weighted by Crippen LogP contribution is -3.17. The molecule has 0 radical (unpaired) electrons. The fourth-order valence-electron chi connectivity index (χ4n) is 3.84. The van der Waals surface area contributed by atoms with Crippen LogP contribution >= 0.6 is 22.7 Å². The summed E-state index contributed by atoms with van der Waals surface area (Å²) in [4.78, 5) is 20.1. The molecule has 142 valence electrons. The van der Waals surface area contributed by atoms with Crippen LogP contribution in [0.2, 0.25) is 0 Å². The van der Waals surface area contributed by atoms with Crippen molar-refractivity contribution in [2.75, 3.05) is 19.6 Å². The number of rotatable bonds is 6. The average Bonchev–Trinajstić information content (AvgIpc) is 3.37. The number of carbonyl (C=O) groups excluding carboxylic acids is 1. The van der Waals surface area contributed by atoms with Crippen LogP contribution in [0.25, 0.3) is 10.2 Å². The molecule has 27 heavy (non-hydrogen) atoms. The van der Waals surface area contributed by atoms with Crippen molar-refractivity contribution >= 4 is 38.8 Å². The van der Waals surface area contributed by atoms with Gasteiger partial charge in [-0.25, -0.2) is 4.98 Å². The standard InChI is InChI=1S/C21H25N3OS2/c1-15(20(25)22-11-8-17-5-4-14-26-17)24-12-9-16(10-13-24)21-23-18-6-2-3-7-19(18)27-21/h2-7,14-16H,8-13H2,1H3,(H,22,25)/p+1/t15-/m0/s1. The number of hydrogen-bond acceptors (Lipinski definition) is 4. The Kier molecular flexibility index (Phi) is 5.86. The van der Waals surface area contributed by atoms with Crippen LogP contribution in [0.5, 0.6) is 0 Å². The number of thiophene rings is 1. The number of benzene rings is 1. The summed E-state index contributed by atoms with van der Waals surface area (Å²) >= 11 is 3.58. The largest absolute Gasteiger partial charge is 0.351 e. The third kappa shape index (κ3) is 4.39. The Morgan fingerprint density at radius 2 is 2.07 bits per heavy atom. The molecule has 6 heteroatoms. The summed E-state index contributed by atoms with van der Waals surface area (Å²) in [5.74, 6) is 0.722. The molecule has 2 aromatic heterocycles. The zero-order chi connectivity index (χ0) is 18.6. The van der Waals surface area contributed by atoms with Crippen LogP contribution in [0, 0.1) is 0 Å². The quantitative estimate of drug-likeness (QED) is 0.668. The molecular formula is C21H26N3OS2+. The van der Waals surface area contributed by atoms with Crippen molar-refractivity contribution in [3.63, 3.8) is 0 Å². The van der Waals surface area contributed by atoms with E-state index in [0.29, 0.717) is 5.92 Å². The second kappa shape index (κ2) is 8.50. The number of hydrogen-bond donors (Lipinski definition) is 2. The predicted octanol–water partition coefficient (Wildman–Crippen LogP) is 2.87. The molecule has 1 aliphatic rings. The van der Waals surface area contributed by atoms with E-state index in [9.17, 15) is 4.79 Å². The minimum atomic E-state index is 0.0182. The van der Waals surface area contributed by atoms with Crippen molar-refractivity contribution in [2.24, 2.45) is 0 Å². The van der Waals surface area contributed by atoms with Crippen LogP contribution in [0.3, 0.4) is 0 Å². The topological polar surface area (TPSA) is 46.4 Å². The normalized spacial score (nSPS) is 21.2. The number of aromatic nitrogens is 1. The lowest BCUT2D eigenvalue weighted by atomic mass is 9.96. The molecule has 0 aliphatic carbocycles. The number of amides is 1. The van der Waals surface area contributed by atoms with E-state index < -0.39 is 0 Å². The molecule has 1 aromatic carbocycles. The highest BCUT2D eigenvalue weighted by Crippen LogP contribution is 2.31. The summed E-state index contributed by atoms with van der Waals surface area (Å²) in [5.41, 5.74) is 1.12. The molecule has 0 spiro atoms. The smallest absolute Gasteiger partial charge is 0.278 e. The molecule has 2 N–H and O–H groups in total. The molecular weight excluding hydrogens is 374 g/mol. The lowest BCUT2D eigenvalue weighted by Gasteiger charge is -2.31. The number of quaternary nitrogens is 1. The van der Waals surface area contributed by atoms with Crippen LogP contribution in [0.4, 0.5) is 0 Å². The highest BCUT2D eigenvalue weighted by Gasteiger charge is 2.31. The first kappa shape index (κ1) is 18.6. The van der Waals surface area contributed by atoms with E-state index in [2.05, 4.69) is 54.0 Å². The molecule has 1 amide bonds. The minimum absolute atomic E-state index is 0.0182. The number of piperidine rings is 1. The number of carbonyl (C=O) groups is 1. The van der Waals surface area contributed by atoms with Gasteiger partial charge in [-0.05, 0) is 36.9 Å². The van der Waals surface area contributed by atoms with Crippen LogP contribution < -0.4 is 10.2 Å². The maximum absolute atomic E-state index is 12.5. The van der Waals surface area contributed by atoms with Crippen LogP contribution in [-0.4, -0.2) is 36.6 Å². The zero-order valence-corrected chi connectivity index (χ0v) is 17.2. The maximum Gasteiger partial charge on any atom is 0.278 e. The van der Waals surface area contributed by atoms with Gasteiger partial charge in [0, 0.05) is 30.2 Å². The van der Waals surface area contributed by atoms with E-state index in [1.165, 1.54) is 19.5 Å². The molecule has 1 fully saturated rings. The third-order valence-electron chi connectivity index (χ3n) is 5.54. The van der Waals surface area contributed by atoms with Crippen molar-refractivity contribution in [1.29, 1.82) is 0 Å². The Bertz CT molecular complexity index is 849. The number of nitrogens with zero attached hydrogens (tertiary/aromatic N) is 1. The predicted molar refractivity (Wildman–Crippen MR) is 113 cm³/mol. The van der Waals surface area contributed by atoms with Gasteiger partial charge in [0.15, 0.2) is 6.04 Å². The third-order valence-corrected chi connectivity index (χ3v) is 7.68. The van der Waals surface area contributed by atoms with Gasteiger partial charge in [-0.3, -0.25) is 4.79 Å². The van der Waals surface area contributed by atoms with Crippen LogP contribution in [-0.2, 0) is 11.2 Å². The number of nitrogens with one attached hydrogen (secondary N) is 2. The summed E-state index contributed by atoms with van der Waals surface area (Å²) in [6.45, 7) is 4.87. The molecule has 0 saturated carbocycles. The fraction of sp³-hybridized carbons (Fsp3) is 0.429. The van der Waals surface area contributed by atoms with Crippen molar-refractivity contribution in [3.05, 3.63) is 51.7 Å². The summed E-state index contributed by atoms with van der Waals surface area (Å²) in [6.07, 6.45) is 3.15. The molecule has 0 bridgehead atoms. The van der Waals surface area contributed by atoms with Crippen molar-refractivity contribution in [1.82, 2.24) is 10.3 Å². The summed E-state index contributed by atoms with van der Waals surface area (Å²) in [7, 11) is 0. The molecule has 4 rings (SSSR count). The first-order chi connectivity index (χ1) is 13.2. The molecule has 1 aliphatic heterocycles. The van der Waals surface area contributed by atoms with E-state index in [4.69, 9.17) is 4.98 Å². The monoisotopic (exact) mass is 400 g/mol. The van der Waals surface area contributed by atoms with E-state index in [1.54, 1.807) is 11.3 Å². The van der Waals surface area contributed by atoms with Gasteiger partial charge in [0.1, 0.15) is 0 Å². The van der Waals surface area contributed by atoms with Gasteiger partial charge in [-0.1, -0.05) is 18.2 Å². The molecule has 3 aromatic rings. The number of para-hydroxylation sites is 1. The van der Waals surface area contributed by atoms with Gasteiger partial charge in [-0.2, -0.15) is 0 Å². The Hall–Kier alpha value is -1.76. The SMILES string of the molecule is C[C@@H](C(=O)NCCc1cccs1)[NH+]1CCC(c2nc3ccccc3s2)CC1. The van der Waals surface area contributed by atoms with Crippen LogP contribution in [0.15, 0.2) is 41.8 Å². The highest BCUT2D eigenvalue weighted by molar-refractivity contribution is 7.18. The fourth-order valence-corrected chi connectivity index (χ4v) is 5.68. The second-order valence-corrected chi connectivity index (χ2v) is 9.39. The molecule has 3 heterocycles. The molecule has 0 unspecified atom stereocenters. The van der Waals surface area contributed by atoms with Gasteiger partial charge in [0.05, 0.1) is 28.3 Å². The van der Waals surface area contributed by atoms with Crippen LogP contribution in [0.1, 0.15) is 35.6 Å². The van der Waals surface area contributed by atoms with E-state index >= 15 is 0 Å². The van der Waals surface area contributed by atoms with Gasteiger partial charge in [-0.15, -0.1) is 22.7 Å². The van der Waals surface area contributed by atoms with Gasteiger partial charge < -0.3 is 10.2 Å². The van der Waals surface area contributed by atoms with E-state index in [1.807, 2.05) is 11.3 Å². The van der Waals surface area contributed by atoms with Crippen molar-refractivity contribution in [2.45, 2.75) is 38.1 Å². The van der Waals surface area contributed by atoms with E-state index in [0.717, 1.165) is 44.4 Å². The lowest BCUT2D eigenvalue weighted by molar-refractivity contribution is -0.919. The number of likely N-dealkylation sites (tertiary alicyclic amines) is 1. The summed E-state index contributed by atoms with van der Waals surface area (Å²) in [6, 6.07) is 12.6. The zero-order valence-electron chi connectivity index (χ0n) is 15.6. The summed E-state index contributed by atoms with van der Waals surface area (Å²) < 4.78 is 1.28. The highest BCUT2D eigenvalue weighted by atomic mass is 32.1. The van der Waals surface area contributed by atoms with E-state index in [-0.39, 0.29) is 11.9 Å². The maximum atomic E-state index is 12.5. The average molecular weight is 401 g/mol. The van der Waals surface area contributed by atoms with Crippen molar-refractivity contribution < 1.29 is 9.69 Å². The molecule has 4 nitrogen and oxygen atoms in total. The minimum Gasteiger partial charge on any atom is -0.351 e. The Morgan fingerprint density at radius 1 is 1.26 bits per heavy atom. The Labute approximate surface area is 168 Å². The first-order valence-corrected chi connectivity index (χ1v) is 11.4. The van der Waals surface area contributed by atoms with Gasteiger partial charge in [0.25, 0.3) is 5.91 Å². The number of fused-ring (bicyclic) bond motifs is 1. The second-order valence-electron chi connectivity index (χ2n) is 7.29. The van der Waals surface area contributed by atoms with Gasteiger partial charge >= 0.3 is 0 Å². The first-order valence-electron chi connectivity index (χ1n) is 9.71. The Morgan fingerprint density at radius 3 is 2.81 bits per heavy atom. The molecule has 1 atom stereocenters. The summed E-state index contributed by atoms with van der Waals surface area (Å²) in [5, 5.41) is 6.47. The van der Waals surface area contributed by atoms with Crippen molar-refractivity contribution in [3.8, 4) is 0 Å².